The van der Waals surface area contributed by atoms with Crippen molar-refractivity contribution in [3.8, 4) is 0 Å². The molecular weight excluding hydrogens is 653 g/mol. The largest absolute Gasteiger partial charge is 0.392 e. The summed E-state index contributed by atoms with van der Waals surface area (Å²) in [5.41, 5.74) is 11.6. The third kappa shape index (κ3) is 11.5. The third-order valence-electron chi connectivity index (χ3n) is 9.92. The van der Waals surface area contributed by atoms with E-state index in [0.29, 0.717) is 6.42 Å². The quantitative estimate of drug-likeness (QED) is 0.130. The van der Waals surface area contributed by atoms with Crippen LogP contribution in [0.5, 0.6) is 0 Å². The Morgan fingerprint density at radius 1 is 0.870 bits per heavy atom. The number of rotatable bonds is 12. The van der Waals surface area contributed by atoms with Crippen LogP contribution in [-0.4, -0.2) is 11.2 Å². The fourth-order valence-electron chi connectivity index (χ4n) is 7.08. The van der Waals surface area contributed by atoms with E-state index in [-0.39, 0.29) is 17.8 Å². The molecule has 276 valence electrons. The van der Waals surface area contributed by atoms with E-state index in [4.69, 9.17) is 0 Å². The van der Waals surface area contributed by atoms with E-state index in [1.54, 1.807) is 0 Å². The lowest BCUT2D eigenvalue weighted by atomic mass is 9.72. The molecule has 1 aromatic carbocycles. The van der Waals surface area contributed by atoms with Gasteiger partial charge in [-0.3, -0.25) is 0 Å². The van der Waals surface area contributed by atoms with Crippen molar-refractivity contribution in [3.63, 3.8) is 0 Å². The molecule has 1 heteroatoms. The number of hydrogen-bond donors (Lipinski definition) is 1. The Hall–Kier alpha value is -5.50. The highest BCUT2D eigenvalue weighted by Crippen LogP contribution is 2.42. The summed E-state index contributed by atoms with van der Waals surface area (Å²) in [6.07, 6.45) is 48.9. The van der Waals surface area contributed by atoms with Crippen molar-refractivity contribution in [2.24, 2.45) is 17.8 Å². The van der Waals surface area contributed by atoms with E-state index in [2.05, 4.69) is 168 Å². The first-order valence-electron chi connectivity index (χ1n) is 19.2. The number of aliphatic hydroxyl groups excluding tert-OH is 1. The van der Waals surface area contributed by atoms with Crippen LogP contribution in [0.1, 0.15) is 57.6 Å². The summed E-state index contributed by atoms with van der Waals surface area (Å²) >= 11 is 0. The Kier molecular flexibility index (Phi) is 16.2. The van der Waals surface area contributed by atoms with Gasteiger partial charge in [-0.2, -0.15) is 0 Å². The van der Waals surface area contributed by atoms with Crippen molar-refractivity contribution >= 4 is 11.1 Å². The molecule has 0 bridgehead atoms. The van der Waals surface area contributed by atoms with Crippen molar-refractivity contribution in [1.29, 1.82) is 0 Å². The molecule has 4 unspecified atom stereocenters. The number of fused-ring (bicyclic) bond motifs is 1. The van der Waals surface area contributed by atoms with Crippen LogP contribution in [0.2, 0.25) is 0 Å². The molecule has 0 heterocycles. The van der Waals surface area contributed by atoms with Gasteiger partial charge in [-0.15, -0.1) is 6.58 Å². The molecule has 4 atom stereocenters. The number of allylic oxidation sites excluding steroid dienone is 30. The average Bonchev–Trinajstić information content (AvgIpc) is 3.17. The van der Waals surface area contributed by atoms with Gasteiger partial charge in [0.15, 0.2) is 0 Å². The first-order chi connectivity index (χ1) is 26.2. The number of aliphatic hydroxyl groups is 1. The SMILES string of the molecule is C=CCC\C=C/C=C(C(=C)/C=C\C)/C(C=C)=C/C=C(\C)C1C(O)CC/C=C\C(=C)/C(c2ccc(C3=C/C(C)/C=C\C=C/C(=C)/C=C\3)cc2)=C2/C=CC=CC21. The molecule has 0 aromatic heterocycles. The lowest BCUT2D eigenvalue weighted by molar-refractivity contribution is 0.103. The van der Waals surface area contributed by atoms with Crippen LogP contribution in [0.3, 0.4) is 0 Å². The molecule has 0 saturated heterocycles. The molecule has 1 N–H and O–H groups in total. The predicted molar refractivity (Wildman–Crippen MR) is 238 cm³/mol. The van der Waals surface area contributed by atoms with Crippen LogP contribution >= 0.6 is 0 Å². The molecule has 3 aliphatic carbocycles. The van der Waals surface area contributed by atoms with E-state index in [1.807, 2.05) is 43.4 Å². The molecule has 0 amide bonds. The van der Waals surface area contributed by atoms with Gasteiger partial charge in [0.2, 0.25) is 0 Å². The molecule has 1 nitrogen and oxygen atoms in total. The molecule has 0 fully saturated rings. The molecule has 1 aromatic rings. The van der Waals surface area contributed by atoms with Gasteiger partial charge in [-0.05, 0) is 101 Å². The van der Waals surface area contributed by atoms with Gasteiger partial charge in [0, 0.05) is 11.8 Å². The lowest BCUT2D eigenvalue weighted by Crippen LogP contribution is -2.30. The Labute approximate surface area is 326 Å². The Bertz CT molecular complexity index is 1970. The summed E-state index contributed by atoms with van der Waals surface area (Å²) in [7, 11) is 0. The summed E-state index contributed by atoms with van der Waals surface area (Å²) < 4.78 is 0. The van der Waals surface area contributed by atoms with E-state index in [1.165, 1.54) is 0 Å². The van der Waals surface area contributed by atoms with Crippen LogP contribution in [0.25, 0.3) is 11.1 Å². The van der Waals surface area contributed by atoms with Gasteiger partial charge in [0.25, 0.3) is 0 Å². The van der Waals surface area contributed by atoms with Crippen molar-refractivity contribution < 1.29 is 5.11 Å². The topological polar surface area (TPSA) is 20.2 Å². The number of unbranched alkanes of at least 4 members (excludes halogenated alkanes) is 1. The van der Waals surface area contributed by atoms with Crippen molar-refractivity contribution in [1.82, 2.24) is 0 Å². The minimum absolute atomic E-state index is 0.0591. The second kappa shape index (κ2) is 21.3. The monoisotopic (exact) mass is 710 g/mol. The molecule has 4 rings (SSSR count). The minimum Gasteiger partial charge on any atom is -0.392 e. The predicted octanol–water partition coefficient (Wildman–Crippen LogP) is 14.0. The molecule has 0 spiro atoms. The van der Waals surface area contributed by atoms with E-state index in [9.17, 15) is 5.11 Å². The maximum Gasteiger partial charge on any atom is 0.0617 e. The first kappa shape index (κ1) is 41.3. The maximum atomic E-state index is 11.9. The first-order valence-corrected chi connectivity index (χ1v) is 19.2. The Morgan fingerprint density at radius 2 is 1.61 bits per heavy atom. The zero-order valence-corrected chi connectivity index (χ0v) is 32.6. The van der Waals surface area contributed by atoms with E-state index >= 15 is 0 Å². The maximum absolute atomic E-state index is 11.9. The average molecular weight is 711 g/mol. The lowest BCUT2D eigenvalue weighted by Gasteiger charge is -2.34. The summed E-state index contributed by atoms with van der Waals surface area (Å²) in [5, 5.41) is 11.9. The molecule has 0 aliphatic heterocycles. The Balaban J connectivity index is 1.80. The van der Waals surface area contributed by atoms with Crippen LogP contribution in [0.15, 0.2) is 230 Å². The fourth-order valence-corrected chi connectivity index (χ4v) is 7.08. The number of hydrogen-bond acceptors (Lipinski definition) is 1. The normalized spacial score (nSPS) is 27.6. The van der Waals surface area contributed by atoms with Crippen LogP contribution < -0.4 is 0 Å². The smallest absolute Gasteiger partial charge is 0.0617 e. The summed E-state index contributed by atoms with van der Waals surface area (Å²) in [6, 6.07) is 8.82. The van der Waals surface area contributed by atoms with Crippen LogP contribution in [0, 0.1) is 17.8 Å². The van der Waals surface area contributed by atoms with Crippen molar-refractivity contribution in [3.05, 3.63) is 241 Å². The van der Waals surface area contributed by atoms with Gasteiger partial charge in [0.05, 0.1) is 6.10 Å². The molecule has 3 aliphatic rings. The second-order valence-electron chi connectivity index (χ2n) is 14.0. The van der Waals surface area contributed by atoms with Crippen LogP contribution in [-0.2, 0) is 0 Å². The molecule has 0 saturated carbocycles. The van der Waals surface area contributed by atoms with Crippen LogP contribution in [0.4, 0.5) is 0 Å². The molecular formula is C53H58O. The highest BCUT2D eigenvalue weighted by Gasteiger charge is 2.32. The van der Waals surface area contributed by atoms with Gasteiger partial charge in [0.1, 0.15) is 0 Å². The zero-order valence-electron chi connectivity index (χ0n) is 32.6. The summed E-state index contributed by atoms with van der Waals surface area (Å²) in [6.45, 7) is 27.4. The second-order valence-corrected chi connectivity index (χ2v) is 14.0. The van der Waals surface area contributed by atoms with Gasteiger partial charge >= 0.3 is 0 Å². The van der Waals surface area contributed by atoms with Gasteiger partial charge in [-0.25, -0.2) is 0 Å². The standard InChI is InChI=1S/C53H58O/c1-9-12-13-14-15-26-48(41(6)22-10-2)44(11-3)33-31-43(8)53-50-28-20-19-27-49(50)52(42(7)25-18-21-29-51(53)54)46-36-34-45(35-37-46)47-32-30-39(4)23-16-17-24-40(5)38-47/h9-11,14-20,22-28,30-38,40,50-51,53-54H,1,3-4,6-7,12-13,21,29H2,2,5,8H3/b15-14-,22-10-,23-16-,24-17-,25-18-,32-30-,43-31+,44-33+,47-38+,48-26+,52-49+. The Morgan fingerprint density at radius 3 is 2.35 bits per heavy atom. The van der Waals surface area contributed by atoms with Gasteiger partial charge in [-0.1, -0.05) is 197 Å². The van der Waals surface area contributed by atoms with Crippen molar-refractivity contribution in [2.75, 3.05) is 0 Å². The highest BCUT2D eigenvalue weighted by molar-refractivity contribution is 5.87. The number of benzene rings is 1. The fraction of sp³-hybridized carbons (Fsp3) is 0.208. The molecule has 54 heavy (non-hydrogen) atoms. The zero-order chi connectivity index (χ0) is 38.9. The molecule has 0 radical (unpaired) electrons. The summed E-state index contributed by atoms with van der Waals surface area (Å²) in [5.74, 6) is 0.0671. The minimum atomic E-state index is -0.551. The van der Waals surface area contributed by atoms with Gasteiger partial charge < -0.3 is 5.11 Å². The highest BCUT2D eigenvalue weighted by atomic mass is 16.3. The van der Waals surface area contributed by atoms with Crippen molar-refractivity contribution in [2.45, 2.75) is 52.6 Å². The third-order valence-corrected chi connectivity index (χ3v) is 9.92. The van der Waals surface area contributed by atoms with E-state index < -0.39 is 6.10 Å². The van der Waals surface area contributed by atoms with E-state index in [0.717, 1.165) is 80.5 Å². The summed E-state index contributed by atoms with van der Waals surface area (Å²) in [4.78, 5) is 0.